The maximum atomic E-state index is 14.0. The molecule has 2 aromatic rings. The molecule has 0 spiro atoms. The van der Waals surface area contributed by atoms with Crippen LogP contribution < -0.4 is 4.74 Å². The summed E-state index contributed by atoms with van der Waals surface area (Å²) in [6.45, 7) is 1.47. The van der Waals surface area contributed by atoms with Crippen molar-refractivity contribution in [2.75, 3.05) is 7.11 Å². The highest BCUT2D eigenvalue weighted by Gasteiger charge is 2.29. The molecular weight excluding hydrogens is 272 g/mol. The molecule has 0 N–H and O–H groups in total. The molecule has 0 aliphatic carbocycles. The maximum Gasteiger partial charge on any atom is 0.204 e. The molecule has 0 aromatic heterocycles. The lowest BCUT2D eigenvalue weighted by molar-refractivity contribution is 0.327. The van der Waals surface area contributed by atoms with Crippen LogP contribution in [0.2, 0.25) is 0 Å². The largest absolute Gasteiger partial charge is 0.491 e. The number of hydrogen-bond donors (Lipinski definition) is 0. The van der Waals surface area contributed by atoms with Crippen molar-refractivity contribution < 1.29 is 22.3 Å². The summed E-state index contributed by atoms with van der Waals surface area (Å²) in [6.07, 6.45) is 0. The molecular formula is C15H12F4O. The van der Waals surface area contributed by atoms with Gasteiger partial charge in [-0.1, -0.05) is 37.3 Å². The van der Waals surface area contributed by atoms with Gasteiger partial charge in [0.15, 0.2) is 17.4 Å². The van der Waals surface area contributed by atoms with E-state index in [0.717, 1.165) is 7.11 Å². The molecule has 2 rings (SSSR count). The molecule has 0 aliphatic heterocycles. The predicted octanol–water partition coefficient (Wildman–Crippen LogP) is 4.40. The highest BCUT2D eigenvalue weighted by Crippen LogP contribution is 2.35. The van der Waals surface area contributed by atoms with Gasteiger partial charge in [-0.2, -0.15) is 8.78 Å². The maximum absolute atomic E-state index is 14.0. The second-order valence-electron chi connectivity index (χ2n) is 4.34. The van der Waals surface area contributed by atoms with Crippen molar-refractivity contribution in [3.63, 3.8) is 0 Å². The van der Waals surface area contributed by atoms with E-state index in [1.165, 1.54) is 6.92 Å². The number of methoxy groups -OCH3 is 1. The standard InChI is InChI=1S/C15H12F4O/c1-8(9-6-4-3-5-7-9)10-11(16)13(18)15(20-2)14(19)12(10)17/h3-8H,1-2H3. The van der Waals surface area contributed by atoms with Crippen molar-refractivity contribution in [1.29, 1.82) is 0 Å². The Balaban J connectivity index is 2.64. The fraction of sp³-hybridized carbons (Fsp3) is 0.200. The van der Waals surface area contributed by atoms with Crippen molar-refractivity contribution in [2.45, 2.75) is 12.8 Å². The zero-order valence-electron chi connectivity index (χ0n) is 10.9. The van der Waals surface area contributed by atoms with E-state index in [0.29, 0.717) is 5.56 Å². The first-order chi connectivity index (χ1) is 9.49. The molecule has 0 aliphatic rings. The fourth-order valence-corrected chi connectivity index (χ4v) is 2.10. The minimum Gasteiger partial charge on any atom is -0.491 e. The van der Waals surface area contributed by atoms with Gasteiger partial charge in [0, 0.05) is 11.5 Å². The molecule has 20 heavy (non-hydrogen) atoms. The third-order valence-electron chi connectivity index (χ3n) is 3.19. The summed E-state index contributed by atoms with van der Waals surface area (Å²) < 4.78 is 59.6. The molecule has 1 atom stereocenters. The molecule has 1 unspecified atom stereocenters. The van der Waals surface area contributed by atoms with Crippen LogP contribution in [0.1, 0.15) is 24.0 Å². The number of ether oxygens (including phenoxy) is 1. The Labute approximate surface area is 113 Å². The smallest absolute Gasteiger partial charge is 0.204 e. The van der Waals surface area contributed by atoms with Gasteiger partial charge in [-0.3, -0.25) is 0 Å². The molecule has 2 aromatic carbocycles. The second kappa shape index (κ2) is 5.53. The van der Waals surface area contributed by atoms with E-state index >= 15 is 0 Å². The van der Waals surface area contributed by atoms with E-state index in [4.69, 9.17) is 0 Å². The monoisotopic (exact) mass is 284 g/mol. The van der Waals surface area contributed by atoms with Crippen LogP contribution in [0, 0.1) is 23.3 Å². The summed E-state index contributed by atoms with van der Waals surface area (Å²) in [6, 6.07) is 8.35. The number of halogens is 4. The van der Waals surface area contributed by atoms with Gasteiger partial charge in [-0.05, 0) is 5.56 Å². The van der Waals surface area contributed by atoms with Crippen molar-refractivity contribution in [2.24, 2.45) is 0 Å². The van der Waals surface area contributed by atoms with Crippen molar-refractivity contribution in [3.8, 4) is 5.75 Å². The Bertz CT molecular complexity index is 597. The van der Waals surface area contributed by atoms with Gasteiger partial charge in [0.05, 0.1) is 7.11 Å². The van der Waals surface area contributed by atoms with Gasteiger partial charge >= 0.3 is 0 Å². The van der Waals surface area contributed by atoms with Crippen LogP contribution in [0.15, 0.2) is 30.3 Å². The van der Waals surface area contributed by atoms with Crippen LogP contribution in [0.4, 0.5) is 17.6 Å². The summed E-state index contributed by atoms with van der Waals surface area (Å²) in [5, 5.41) is 0. The molecule has 0 saturated carbocycles. The van der Waals surface area contributed by atoms with E-state index in [1.54, 1.807) is 30.3 Å². The Morgan fingerprint density at radius 3 is 1.80 bits per heavy atom. The van der Waals surface area contributed by atoms with E-state index in [1.807, 2.05) is 0 Å². The normalized spacial score (nSPS) is 12.3. The van der Waals surface area contributed by atoms with Crippen LogP contribution in [0.5, 0.6) is 5.75 Å². The van der Waals surface area contributed by atoms with Gasteiger partial charge in [0.25, 0.3) is 0 Å². The first-order valence-corrected chi connectivity index (χ1v) is 5.93. The van der Waals surface area contributed by atoms with Gasteiger partial charge < -0.3 is 4.74 Å². The SMILES string of the molecule is COc1c(F)c(F)c(C(C)c2ccccc2)c(F)c1F. The summed E-state index contributed by atoms with van der Waals surface area (Å²) >= 11 is 0. The molecule has 0 fully saturated rings. The lowest BCUT2D eigenvalue weighted by Gasteiger charge is -2.17. The predicted molar refractivity (Wildman–Crippen MR) is 66.8 cm³/mol. The van der Waals surface area contributed by atoms with Crippen LogP contribution in [-0.2, 0) is 0 Å². The fourth-order valence-electron chi connectivity index (χ4n) is 2.10. The number of benzene rings is 2. The third-order valence-corrected chi connectivity index (χ3v) is 3.19. The Hall–Kier alpha value is -2.04. The van der Waals surface area contributed by atoms with Gasteiger partial charge in [-0.25, -0.2) is 8.78 Å². The van der Waals surface area contributed by atoms with E-state index in [-0.39, 0.29) is 0 Å². The molecule has 106 valence electrons. The van der Waals surface area contributed by atoms with Crippen LogP contribution in [0.3, 0.4) is 0 Å². The van der Waals surface area contributed by atoms with Crippen molar-refractivity contribution in [3.05, 3.63) is 64.7 Å². The Morgan fingerprint density at radius 1 is 0.850 bits per heavy atom. The average molecular weight is 284 g/mol. The summed E-state index contributed by atoms with van der Waals surface area (Å²) in [7, 11) is 0.945. The van der Waals surface area contributed by atoms with Gasteiger partial charge in [0.2, 0.25) is 11.6 Å². The molecule has 0 heterocycles. The topological polar surface area (TPSA) is 9.23 Å². The minimum atomic E-state index is -1.52. The first-order valence-electron chi connectivity index (χ1n) is 5.93. The molecule has 0 saturated heterocycles. The number of rotatable bonds is 3. The third kappa shape index (κ3) is 2.24. The van der Waals surface area contributed by atoms with E-state index in [9.17, 15) is 17.6 Å². The molecule has 0 amide bonds. The van der Waals surface area contributed by atoms with Crippen LogP contribution in [-0.4, -0.2) is 7.11 Å². The Kier molecular flexibility index (Phi) is 3.97. The number of hydrogen-bond acceptors (Lipinski definition) is 1. The van der Waals surface area contributed by atoms with E-state index in [2.05, 4.69) is 4.74 Å². The van der Waals surface area contributed by atoms with Crippen LogP contribution in [0.25, 0.3) is 0 Å². The second-order valence-corrected chi connectivity index (χ2v) is 4.34. The summed E-state index contributed by atoms with van der Waals surface area (Å²) in [4.78, 5) is 0. The zero-order valence-corrected chi connectivity index (χ0v) is 10.9. The van der Waals surface area contributed by atoms with E-state index < -0.39 is 40.5 Å². The molecule has 0 radical (unpaired) electrons. The zero-order chi connectivity index (χ0) is 14.9. The first kappa shape index (κ1) is 14.4. The quantitative estimate of drug-likeness (QED) is 0.599. The van der Waals surface area contributed by atoms with Crippen LogP contribution >= 0.6 is 0 Å². The highest BCUT2D eigenvalue weighted by molar-refractivity contribution is 5.40. The van der Waals surface area contributed by atoms with Gasteiger partial charge in [0.1, 0.15) is 0 Å². The lowest BCUT2D eigenvalue weighted by Crippen LogP contribution is -2.10. The molecule has 0 bridgehead atoms. The van der Waals surface area contributed by atoms with Crippen molar-refractivity contribution in [1.82, 2.24) is 0 Å². The average Bonchev–Trinajstić information content (AvgIpc) is 2.47. The molecule has 1 nitrogen and oxygen atoms in total. The minimum absolute atomic E-state index is 0.550. The summed E-state index contributed by atoms with van der Waals surface area (Å²) in [5.74, 6) is -7.79. The molecule has 5 heteroatoms. The Morgan fingerprint density at radius 2 is 1.35 bits per heavy atom. The van der Waals surface area contributed by atoms with Crippen molar-refractivity contribution >= 4 is 0 Å². The van der Waals surface area contributed by atoms with Gasteiger partial charge in [-0.15, -0.1) is 0 Å². The highest BCUT2D eigenvalue weighted by atomic mass is 19.2. The summed E-state index contributed by atoms with van der Waals surface area (Å²) in [5.41, 5.74) is -0.0960. The lowest BCUT2D eigenvalue weighted by atomic mass is 9.92.